The van der Waals surface area contributed by atoms with Crippen LogP contribution in [0.3, 0.4) is 0 Å². The van der Waals surface area contributed by atoms with Crippen LogP contribution in [0.5, 0.6) is 0 Å². The molecule has 0 saturated carbocycles. The number of alkyl halides is 4. The van der Waals surface area contributed by atoms with Crippen molar-refractivity contribution in [1.29, 1.82) is 0 Å². The van der Waals surface area contributed by atoms with Crippen molar-refractivity contribution in [2.45, 2.75) is 30.1 Å². The molecule has 0 saturated heterocycles. The second-order valence-electron chi connectivity index (χ2n) is 8.38. The minimum atomic E-state index is -4.56. The highest BCUT2D eigenvalue weighted by molar-refractivity contribution is 14.1. The first kappa shape index (κ1) is 24.8. The van der Waals surface area contributed by atoms with Crippen LogP contribution in [0.1, 0.15) is 30.7 Å². The van der Waals surface area contributed by atoms with E-state index in [0.717, 1.165) is 27.2 Å². The molecule has 4 rings (SSSR count). The first-order valence-corrected chi connectivity index (χ1v) is 12.3. The van der Waals surface area contributed by atoms with E-state index in [1.54, 1.807) is 36.7 Å². The van der Waals surface area contributed by atoms with Crippen molar-refractivity contribution in [3.63, 3.8) is 0 Å². The third-order valence-corrected chi connectivity index (χ3v) is 6.73. The predicted octanol–water partition coefficient (Wildman–Crippen LogP) is 8.04. The van der Waals surface area contributed by atoms with Crippen LogP contribution in [-0.2, 0) is 16.2 Å². The number of benzene rings is 3. The minimum Gasteiger partial charge on any atom is -0.384 e. The van der Waals surface area contributed by atoms with Gasteiger partial charge in [-0.2, -0.15) is 13.2 Å². The standard InChI is InChI=1S/C26H21ClF3IN2O/c1-25(2,34)22-15-33(24(32-22)20-10-3-4-12-21(20)26(28,29)30)18-9-5-7-16(13-18)19-11-6-8-17(14-31)23(19)27/h3-13,15,34H,14H2,1-2H3. The molecule has 0 aliphatic carbocycles. The van der Waals surface area contributed by atoms with Crippen LogP contribution in [0.15, 0.2) is 72.9 Å². The fourth-order valence-electron chi connectivity index (χ4n) is 3.72. The molecule has 3 nitrogen and oxygen atoms in total. The van der Waals surface area contributed by atoms with E-state index < -0.39 is 17.3 Å². The Kier molecular flexibility index (Phi) is 6.81. The molecule has 0 amide bonds. The highest BCUT2D eigenvalue weighted by Gasteiger charge is 2.35. The summed E-state index contributed by atoms with van der Waals surface area (Å²) in [5.41, 5.74) is 1.30. The maximum atomic E-state index is 13.8. The maximum Gasteiger partial charge on any atom is 0.417 e. The molecule has 1 heterocycles. The summed E-state index contributed by atoms with van der Waals surface area (Å²) in [6.45, 7) is 3.09. The van der Waals surface area contributed by atoms with Gasteiger partial charge >= 0.3 is 6.18 Å². The van der Waals surface area contributed by atoms with Crippen molar-refractivity contribution in [3.8, 4) is 28.2 Å². The lowest BCUT2D eigenvalue weighted by atomic mass is 10.0. The Hall–Kier alpha value is -2.36. The predicted molar refractivity (Wildman–Crippen MR) is 137 cm³/mol. The van der Waals surface area contributed by atoms with Gasteiger partial charge in [0.2, 0.25) is 0 Å². The van der Waals surface area contributed by atoms with E-state index in [4.69, 9.17) is 11.6 Å². The highest BCUT2D eigenvalue weighted by Crippen LogP contribution is 2.39. The molecule has 176 valence electrons. The van der Waals surface area contributed by atoms with Gasteiger partial charge in [0.1, 0.15) is 11.4 Å². The first-order valence-electron chi connectivity index (χ1n) is 10.4. The summed E-state index contributed by atoms with van der Waals surface area (Å²) in [5, 5.41) is 11.2. The van der Waals surface area contributed by atoms with Gasteiger partial charge in [-0.1, -0.05) is 82.7 Å². The molecular weight excluding hydrogens is 576 g/mol. The molecule has 3 aromatic carbocycles. The Labute approximate surface area is 214 Å². The Morgan fingerprint density at radius 3 is 2.32 bits per heavy atom. The monoisotopic (exact) mass is 596 g/mol. The van der Waals surface area contributed by atoms with Crippen molar-refractivity contribution >= 4 is 34.2 Å². The normalized spacial score (nSPS) is 12.2. The van der Waals surface area contributed by atoms with Gasteiger partial charge in [0.15, 0.2) is 0 Å². The average molecular weight is 597 g/mol. The van der Waals surface area contributed by atoms with Gasteiger partial charge in [0.05, 0.1) is 16.3 Å². The van der Waals surface area contributed by atoms with Crippen molar-refractivity contribution in [2.75, 3.05) is 0 Å². The van der Waals surface area contributed by atoms with E-state index in [1.807, 2.05) is 36.4 Å². The lowest BCUT2D eigenvalue weighted by Gasteiger charge is -2.15. The van der Waals surface area contributed by atoms with Crippen molar-refractivity contribution in [2.24, 2.45) is 0 Å². The van der Waals surface area contributed by atoms with Gasteiger partial charge < -0.3 is 5.11 Å². The van der Waals surface area contributed by atoms with Crippen LogP contribution in [0.4, 0.5) is 13.2 Å². The van der Waals surface area contributed by atoms with Crippen LogP contribution in [0, 0.1) is 0 Å². The Balaban J connectivity index is 1.94. The largest absolute Gasteiger partial charge is 0.417 e. The van der Waals surface area contributed by atoms with Crippen LogP contribution in [0.25, 0.3) is 28.2 Å². The number of imidazole rings is 1. The lowest BCUT2D eigenvalue weighted by Crippen LogP contribution is -2.15. The summed E-state index contributed by atoms with van der Waals surface area (Å²) in [5.74, 6) is 0.0920. The average Bonchev–Trinajstić information content (AvgIpc) is 3.25. The minimum absolute atomic E-state index is 0.0687. The molecule has 4 aromatic rings. The third kappa shape index (κ3) is 4.87. The number of hydrogen-bond acceptors (Lipinski definition) is 2. The second-order valence-corrected chi connectivity index (χ2v) is 9.53. The van der Waals surface area contributed by atoms with Gasteiger partial charge in [-0.15, -0.1) is 0 Å². The molecule has 8 heteroatoms. The van der Waals surface area contributed by atoms with E-state index >= 15 is 0 Å². The summed E-state index contributed by atoms with van der Waals surface area (Å²) in [6.07, 6.45) is -2.98. The van der Waals surface area contributed by atoms with Crippen molar-refractivity contribution in [1.82, 2.24) is 9.55 Å². The Bertz CT molecular complexity index is 1340. The fourth-order valence-corrected chi connectivity index (χ4v) is 4.88. The zero-order valence-corrected chi connectivity index (χ0v) is 21.3. The first-order chi connectivity index (χ1) is 16.0. The zero-order valence-electron chi connectivity index (χ0n) is 18.4. The topological polar surface area (TPSA) is 38.0 Å². The molecular formula is C26H21ClF3IN2O. The molecule has 0 fully saturated rings. The maximum absolute atomic E-state index is 13.8. The lowest BCUT2D eigenvalue weighted by molar-refractivity contribution is -0.137. The summed E-state index contributed by atoms with van der Waals surface area (Å²) in [4.78, 5) is 4.44. The van der Waals surface area contributed by atoms with Gasteiger partial charge in [-0.3, -0.25) is 4.57 Å². The molecule has 1 aromatic heterocycles. The summed E-state index contributed by atoms with van der Waals surface area (Å²) in [6, 6.07) is 18.5. The molecule has 0 spiro atoms. The Morgan fingerprint density at radius 1 is 0.971 bits per heavy atom. The van der Waals surface area contributed by atoms with Crippen LogP contribution in [0.2, 0.25) is 5.02 Å². The SMILES string of the molecule is CC(C)(O)c1cn(-c2cccc(-c3cccc(CI)c3Cl)c2)c(-c2ccccc2C(F)(F)F)n1. The number of aromatic nitrogens is 2. The summed E-state index contributed by atoms with van der Waals surface area (Å²) >= 11 is 8.87. The summed E-state index contributed by atoms with van der Waals surface area (Å²) < 4.78 is 43.8. The van der Waals surface area contributed by atoms with Crippen LogP contribution in [-0.4, -0.2) is 14.7 Å². The smallest absolute Gasteiger partial charge is 0.384 e. The van der Waals surface area contributed by atoms with Gasteiger partial charge in [0.25, 0.3) is 0 Å². The number of rotatable bonds is 5. The fraction of sp³-hybridized carbons (Fsp3) is 0.192. The molecule has 0 aliphatic rings. The Morgan fingerprint density at radius 2 is 1.65 bits per heavy atom. The van der Waals surface area contributed by atoms with E-state index in [2.05, 4.69) is 27.6 Å². The summed E-state index contributed by atoms with van der Waals surface area (Å²) in [7, 11) is 0. The van der Waals surface area contributed by atoms with E-state index in [0.29, 0.717) is 10.7 Å². The van der Waals surface area contributed by atoms with Gasteiger partial charge in [0, 0.05) is 27.4 Å². The van der Waals surface area contributed by atoms with Gasteiger partial charge in [-0.05, 0) is 43.2 Å². The quantitative estimate of drug-likeness (QED) is 0.187. The van der Waals surface area contributed by atoms with Crippen molar-refractivity contribution in [3.05, 3.63) is 94.8 Å². The van der Waals surface area contributed by atoms with E-state index in [1.165, 1.54) is 12.1 Å². The van der Waals surface area contributed by atoms with Crippen LogP contribution >= 0.6 is 34.2 Å². The molecule has 0 unspecified atom stereocenters. The highest BCUT2D eigenvalue weighted by atomic mass is 127. The van der Waals surface area contributed by atoms with Gasteiger partial charge in [-0.25, -0.2) is 4.98 Å². The number of halogens is 5. The number of nitrogens with zero attached hydrogens (tertiary/aromatic N) is 2. The second kappa shape index (κ2) is 9.36. The van der Waals surface area contributed by atoms with Crippen LogP contribution < -0.4 is 0 Å². The molecule has 0 radical (unpaired) electrons. The third-order valence-electron chi connectivity index (χ3n) is 5.46. The molecule has 0 aliphatic heterocycles. The number of hydrogen-bond donors (Lipinski definition) is 1. The zero-order chi connectivity index (χ0) is 24.7. The van der Waals surface area contributed by atoms with Crippen molar-refractivity contribution < 1.29 is 18.3 Å². The number of aliphatic hydroxyl groups is 1. The molecule has 34 heavy (non-hydrogen) atoms. The molecule has 1 N–H and O–H groups in total. The van der Waals surface area contributed by atoms with E-state index in [-0.39, 0.29) is 17.1 Å². The molecule has 0 atom stereocenters. The van der Waals surface area contributed by atoms with E-state index in [9.17, 15) is 18.3 Å². The molecule has 0 bridgehead atoms.